The molecule has 1 amide bonds. The van der Waals surface area contributed by atoms with Crippen LogP contribution in [0.15, 0.2) is 66.7 Å². The van der Waals surface area contributed by atoms with Gasteiger partial charge in [0.05, 0.1) is 46.7 Å². The number of para-hydroxylation sites is 1. The summed E-state index contributed by atoms with van der Waals surface area (Å²) in [6.45, 7) is 0. The standard InChI is InChI=1S/C24H18Cl2N2O3/c1-30-15-8-10-21(23(12-15)31-2)28-24(29)17-13-22(14-7-9-18(25)19(26)11-14)27-20-6-4-3-5-16(17)20/h3-13H,1-2H3,(H,28,29). The van der Waals surface area contributed by atoms with E-state index in [1.807, 2.05) is 30.3 Å². The number of methoxy groups -OCH3 is 2. The maximum atomic E-state index is 13.3. The van der Waals surface area contributed by atoms with E-state index in [-0.39, 0.29) is 5.91 Å². The molecule has 0 saturated heterocycles. The number of nitrogens with zero attached hydrogens (tertiary/aromatic N) is 1. The Balaban J connectivity index is 1.79. The van der Waals surface area contributed by atoms with Gasteiger partial charge in [0.1, 0.15) is 11.5 Å². The van der Waals surface area contributed by atoms with Crippen LogP contribution in [0.2, 0.25) is 10.0 Å². The number of fused-ring (bicyclic) bond motifs is 1. The van der Waals surface area contributed by atoms with Crippen LogP contribution in [0.1, 0.15) is 10.4 Å². The minimum atomic E-state index is -0.289. The van der Waals surface area contributed by atoms with Gasteiger partial charge < -0.3 is 14.8 Å². The van der Waals surface area contributed by atoms with Crippen molar-refractivity contribution in [2.75, 3.05) is 19.5 Å². The molecule has 1 N–H and O–H groups in total. The predicted octanol–water partition coefficient (Wildman–Crippen LogP) is 6.48. The van der Waals surface area contributed by atoms with Crippen molar-refractivity contribution in [1.82, 2.24) is 4.98 Å². The van der Waals surface area contributed by atoms with E-state index in [0.29, 0.717) is 44.0 Å². The summed E-state index contributed by atoms with van der Waals surface area (Å²) in [6, 6.07) is 19.7. The maximum Gasteiger partial charge on any atom is 0.256 e. The SMILES string of the molecule is COc1ccc(NC(=O)c2cc(-c3ccc(Cl)c(Cl)c3)nc3ccccc23)c(OC)c1. The fourth-order valence-corrected chi connectivity index (χ4v) is 3.56. The molecule has 4 aromatic rings. The Hall–Kier alpha value is -3.28. The number of carbonyl (C=O) groups excluding carboxylic acids is 1. The second kappa shape index (κ2) is 8.84. The summed E-state index contributed by atoms with van der Waals surface area (Å²) in [7, 11) is 3.11. The molecular weight excluding hydrogens is 435 g/mol. The van der Waals surface area contributed by atoms with E-state index in [1.165, 1.54) is 7.11 Å². The Kier molecular flexibility index (Phi) is 5.98. The third-order valence-corrected chi connectivity index (χ3v) is 5.57. The molecule has 31 heavy (non-hydrogen) atoms. The smallest absolute Gasteiger partial charge is 0.256 e. The van der Waals surface area contributed by atoms with E-state index in [9.17, 15) is 4.79 Å². The molecule has 0 atom stereocenters. The molecule has 0 aliphatic rings. The van der Waals surface area contributed by atoms with Gasteiger partial charge in [-0.25, -0.2) is 4.98 Å². The number of halogens is 2. The van der Waals surface area contributed by atoms with Crippen molar-refractivity contribution in [3.05, 3.63) is 82.3 Å². The van der Waals surface area contributed by atoms with Crippen LogP contribution >= 0.6 is 23.2 Å². The van der Waals surface area contributed by atoms with Crippen LogP contribution in [-0.2, 0) is 0 Å². The van der Waals surface area contributed by atoms with Gasteiger partial charge in [-0.1, -0.05) is 47.5 Å². The first-order chi connectivity index (χ1) is 15.0. The summed E-state index contributed by atoms with van der Waals surface area (Å²) in [5.74, 6) is 0.838. The normalized spacial score (nSPS) is 10.7. The highest BCUT2D eigenvalue weighted by molar-refractivity contribution is 6.42. The number of anilines is 1. The summed E-state index contributed by atoms with van der Waals surface area (Å²) >= 11 is 12.2. The van der Waals surface area contributed by atoms with Gasteiger partial charge in [-0.2, -0.15) is 0 Å². The Morgan fingerprint density at radius 1 is 0.903 bits per heavy atom. The number of ether oxygens (including phenoxy) is 2. The van der Waals surface area contributed by atoms with Crippen molar-refractivity contribution in [1.29, 1.82) is 0 Å². The molecule has 0 aliphatic heterocycles. The molecule has 0 bridgehead atoms. The van der Waals surface area contributed by atoms with Crippen molar-refractivity contribution in [3.63, 3.8) is 0 Å². The number of nitrogens with one attached hydrogen (secondary N) is 1. The first kappa shape index (κ1) is 21.0. The topological polar surface area (TPSA) is 60.5 Å². The second-order valence-electron chi connectivity index (χ2n) is 6.72. The lowest BCUT2D eigenvalue weighted by atomic mass is 10.0. The van der Waals surface area contributed by atoms with Crippen molar-refractivity contribution < 1.29 is 14.3 Å². The zero-order valence-corrected chi connectivity index (χ0v) is 18.3. The molecule has 156 valence electrons. The van der Waals surface area contributed by atoms with Gasteiger partial charge >= 0.3 is 0 Å². The second-order valence-corrected chi connectivity index (χ2v) is 7.54. The predicted molar refractivity (Wildman–Crippen MR) is 125 cm³/mol. The van der Waals surface area contributed by atoms with Gasteiger partial charge in [0, 0.05) is 17.0 Å². The number of hydrogen-bond donors (Lipinski definition) is 1. The number of pyridine rings is 1. The van der Waals surface area contributed by atoms with Crippen molar-refractivity contribution >= 4 is 45.7 Å². The van der Waals surface area contributed by atoms with Crippen molar-refractivity contribution in [3.8, 4) is 22.8 Å². The van der Waals surface area contributed by atoms with Crippen LogP contribution in [0.4, 0.5) is 5.69 Å². The fourth-order valence-electron chi connectivity index (χ4n) is 3.26. The summed E-state index contributed by atoms with van der Waals surface area (Å²) in [4.78, 5) is 18.0. The van der Waals surface area contributed by atoms with Crippen LogP contribution < -0.4 is 14.8 Å². The van der Waals surface area contributed by atoms with Gasteiger partial charge in [0.2, 0.25) is 0 Å². The van der Waals surface area contributed by atoms with Crippen molar-refractivity contribution in [2.24, 2.45) is 0 Å². The maximum absolute atomic E-state index is 13.3. The Morgan fingerprint density at radius 3 is 2.45 bits per heavy atom. The molecule has 0 saturated carbocycles. The van der Waals surface area contributed by atoms with E-state index >= 15 is 0 Å². The Bertz CT molecular complexity index is 1290. The quantitative estimate of drug-likeness (QED) is 0.376. The van der Waals surface area contributed by atoms with Gasteiger partial charge in [-0.15, -0.1) is 0 Å². The average Bonchev–Trinajstić information content (AvgIpc) is 2.80. The molecule has 0 spiro atoms. The molecule has 1 heterocycles. The summed E-state index contributed by atoms with van der Waals surface area (Å²) in [5, 5.41) is 4.53. The molecule has 1 aromatic heterocycles. The van der Waals surface area contributed by atoms with Gasteiger partial charge in [-0.3, -0.25) is 4.79 Å². The number of benzene rings is 3. The summed E-state index contributed by atoms with van der Waals surface area (Å²) in [5.41, 5.74) is 3.08. The minimum absolute atomic E-state index is 0.289. The van der Waals surface area contributed by atoms with Crippen LogP contribution in [-0.4, -0.2) is 25.1 Å². The number of aromatic nitrogens is 1. The van der Waals surface area contributed by atoms with E-state index in [2.05, 4.69) is 5.32 Å². The monoisotopic (exact) mass is 452 g/mol. The number of amides is 1. The molecule has 0 radical (unpaired) electrons. The van der Waals surface area contributed by atoms with E-state index in [4.69, 9.17) is 37.7 Å². The molecule has 7 heteroatoms. The fraction of sp³-hybridized carbons (Fsp3) is 0.0833. The average molecular weight is 453 g/mol. The van der Waals surface area contributed by atoms with Gasteiger partial charge in [0.25, 0.3) is 5.91 Å². The number of carbonyl (C=O) groups is 1. The first-order valence-electron chi connectivity index (χ1n) is 9.38. The number of hydrogen-bond acceptors (Lipinski definition) is 4. The van der Waals surface area contributed by atoms with Crippen LogP contribution in [0.3, 0.4) is 0 Å². The highest BCUT2D eigenvalue weighted by atomic mass is 35.5. The van der Waals surface area contributed by atoms with Crippen LogP contribution in [0.25, 0.3) is 22.2 Å². The lowest BCUT2D eigenvalue weighted by molar-refractivity contribution is 0.102. The molecule has 0 fully saturated rings. The summed E-state index contributed by atoms with van der Waals surface area (Å²) < 4.78 is 10.6. The zero-order chi connectivity index (χ0) is 22.0. The van der Waals surface area contributed by atoms with Crippen LogP contribution in [0, 0.1) is 0 Å². The molecule has 3 aromatic carbocycles. The highest BCUT2D eigenvalue weighted by Crippen LogP contribution is 2.32. The molecule has 5 nitrogen and oxygen atoms in total. The first-order valence-corrected chi connectivity index (χ1v) is 10.1. The highest BCUT2D eigenvalue weighted by Gasteiger charge is 2.16. The number of rotatable bonds is 5. The minimum Gasteiger partial charge on any atom is -0.497 e. The van der Waals surface area contributed by atoms with E-state index in [1.54, 1.807) is 43.5 Å². The van der Waals surface area contributed by atoms with E-state index in [0.717, 1.165) is 10.9 Å². The molecule has 4 rings (SSSR count). The van der Waals surface area contributed by atoms with Gasteiger partial charge in [-0.05, 0) is 36.4 Å². The molecular formula is C24H18Cl2N2O3. The largest absolute Gasteiger partial charge is 0.497 e. The van der Waals surface area contributed by atoms with Crippen LogP contribution in [0.5, 0.6) is 11.5 Å². The van der Waals surface area contributed by atoms with Gasteiger partial charge in [0.15, 0.2) is 0 Å². The Labute approximate surface area is 189 Å². The third-order valence-electron chi connectivity index (χ3n) is 4.83. The Morgan fingerprint density at radius 2 is 1.71 bits per heavy atom. The third kappa shape index (κ3) is 4.29. The van der Waals surface area contributed by atoms with Crippen molar-refractivity contribution in [2.45, 2.75) is 0 Å². The molecule has 0 unspecified atom stereocenters. The molecule has 0 aliphatic carbocycles. The summed E-state index contributed by atoms with van der Waals surface area (Å²) in [6.07, 6.45) is 0. The lowest BCUT2D eigenvalue weighted by Crippen LogP contribution is -2.14. The zero-order valence-electron chi connectivity index (χ0n) is 16.8. The van der Waals surface area contributed by atoms with E-state index < -0.39 is 0 Å². The lowest BCUT2D eigenvalue weighted by Gasteiger charge is -2.14.